The number of hydrogen-bond donors (Lipinski definition) is 1. The van der Waals surface area contributed by atoms with Crippen LogP contribution in [0.15, 0.2) is 42.5 Å². The Morgan fingerprint density at radius 2 is 1.43 bits per heavy atom. The van der Waals surface area contributed by atoms with E-state index in [1.54, 1.807) is 0 Å². The number of aliphatic hydroxyl groups is 1. The third kappa shape index (κ3) is 4.62. The van der Waals surface area contributed by atoms with Gasteiger partial charge in [0, 0.05) is 0 Å². The molecule has 0 aliphatic rings. The highest BCUT2D eigenvalue weighted by molar-refractivity contribution is 5.66. The Balaban J connectivity index is 2.38. The molecule has 0 saturated carbocycles. The topological polar surface area (TPSA) is 29.5 Å². The number of benzene rings is 2. The summed E-state index contributed by atoms with van der Waals surface area (Å²) >= 11 is 0. The summed E-state index contributed by atoms with van der Waals surface area (Å²) in [5, 5.41) is 9.06. The van der Waals surface area contributed by atoms with Gasteiger partial charge in [-0.15, -0.1) is 13.2 Å². The van der Waals surface area contributed by atoms with Crippen molar-refractivity contribution in [3.8, 4) is 16.9 Å². The highest BCUT2D eigenvalue weighted by atomic mass is 19.4. The average molecular weight is 336 g/mol. The van der Waals surface area contributed by atoms with E-state index in [2.05, 4.69) is 4.74 Å². The van der Waals surface area contributed by atoms with Crippen LogP contribution in [0.5, 0.6) is 5.75 Å². The van der Waals surface area contributed by atoms with Crippen LogP contribution in [0, 0.1) is 0 Å². The van der Waals surface area contributed by atoms with Crippen LogP contribution in [0.25, 0.3) is 11.1 Å². The fourth-order valence-electron chi connectivity index (χ4n) is 1.96. The molecule has 0 amide bonds. The Morgan fingerprint density at radius 3 is 1.91 bits per heavy atom. The van der Waals surface area contributed by atoms with Crippen LogP contribution in [-0.4, -0.2) is 11.5 Å². The molecule has 0 bridgehead atoms. The van der Waals surface area contributed by atoms with E-state index in [0.717, 1.165) is 24.3 Å². The maximum atomic E-state index is 12.8. The predicted octanol–water partition coefficient (Wildman–Crippen LogP) is 4.76. The summed E-state index contributed by atoms with van der Waals surface area (Å²) in [6, 6.07) is 7.41. The first kappa shape index (κ1) is 17.1. The zero-order valence-corrected chi connectivity index (χ0v) is 11.4. The van der Waals surface area contributed by atoms with Crippen LogP contribution in [0.1, 0.15) is 11.1 Å². The van der Waals surface area contributed by atoms with Gasteiger partial charge in [-0.05, 0) is 47.0 Å². The summed E-state index contributed by atoms with van der Waals surface area (Å²) in [7, 11) is 0. The van der Waals surface area contributed by atoms with Gasteiger partial charge in [0.25, 0.3) is 0 Å². The highest BCUT2D eigenvalue weighted by Crippen LogP contribution is 2.34. The van der Waals surface area contributed by atoms with Gasteiger partial charge < -0.3 is 9.84 Å². The van der Waals surface area contributed by atoms with Gasteiger partial charge >= 0.3 is 12.5 Å². The van der Waals surface area contributed by atoms with Crippen LogP contribution in [-0.2, 0) is 12.8 Å². The first-order valence-corrected chi connectivity index (χ1v) is 6.27. The number of halogens is 6. The maximum Gasteiger partial charge on any atom is 0.573 e. The van der Waals surface area contributed by atoms with Crippen LogP contribution in [0.3, 0.4) is 0 Å². The number of hydrogen-bond acceptors (Lipinski definition) is 2. The Labute approximate surface area is 126 Å². The van der Waals surface area contributed by atoms with Crippen molar-refractivity contribution in [1.29, 1.82) is 0 Å². The molecule has 0 aliphatic carbocycles. The van der Waals surface area contributed by atoms with E-state index >= 15 is 0 Å². The zero-order chi connectivity index (χ0) is 17.3. The number of aliphatic hydroxyl groups excluding tert-OH is 1. The number of alkyl halides is 6. The minimum Gasteiger partial charge on any atom is -0.406 e. The van der Waals surface area contributed by atoms with Gasteiger partial charge in [-0.25, -0.2) is 0 Å². The van der Waals surface area contributed by atoms with E-state index in [4.69, 9.17) is 5.11 Å². The first-order valence-electron chi connectivity index (χ1n) is 6.27. The molecule has 2 nitrogen and oxygen atoms in total. The Bertz CT molecular complexity index is 674. The molecule has 2 aromatic carbocycles. The molecule has 0 heterocycles. The third-order valence-corrected chi connectivity index (χ3v) is 2.92. The molecular weight excluding hydrogens is 326 g/mol. The largest absolute Gasteiger partial charge is 0.573 e. The molecule has 2 aromatic rings. The maximum absolute atomic E-state index is 12.8. The molecule has 124 valence electrons. The minimum atomic E-state index is -4.85. The van der Waals surface area contributed by atoms with E-state index in [1.807, 2.05) is 0 Å². The molecule has 2 rings (SSSR count). The van der Waals surface area contributed by atoms with E-state index in [-0.39, 0.29) is 16.7 Å². The van der Waals surface area contributed by atoms with Gasteiger partial charge in [0.2, 0.25) is 0 Å². The molecule has 0 unspecified atom stereocenters. The molecular formula is C15H10F6O2. The smallest absolute Gasteiger partial charge is 0.406 e. The lowest BCUT2D eigenvalue weighted by Gasteiger charge is -2.12. The quantitative estimate of drug-likeness (QED) is 0.819. The molecule has 23 heavy (non-hydrogen) atoms. The monoisotopic (exact) mass is 336 g/mol. The fraction of sp³-hybridized carbons (Fsp3) is 0.200. The molecule has 0 saturated heterocycles. The normalized spacial score (nSPS) is 12.3. The predicted molar refractivity (Wildman–Crippen MR) is 69.5 cm³/mol. The molecule has 1 N–H and O–H groups in total. The third-order valence-electron chi connectivity index (χ3n) is 2.92. The summed E-state index contributed by atoms with van der Waals surface area (Å²) in [5.41, 5.74) is -0.511. The van der Waals surface area contributed by atoms with Crippen LogP contribution in [0.4, 0.5) is 26.3 Å². The molecule has 0 aliphatic heterocycles. The van der Waals surface area contributed by atoms with Gasteiger partial charge in [0.1, 0.15) is 5.75 Å². The molecule has 0 spiro atoms. The summed E-state index contributed by atoms with van der Waals surface area (Å²) in [6.45, 7) is -0.591. The highest BCUT2D eigenvalue weighted by Gasteiger charge is 2.32. The van der Waals surface area contributed by atoms with E-state index in [9.17, 15) is 26.3 Å². The van der Waals surface area contributed by atoms with Crippen LogP contribution >= 0.6 is 0 Å². The standard InChI is InChI=1S/C15H10F6O2/c16-14(17,18)12-6-9(8-22)5-11(7-12)10-1-3-13(4-2-10)23-15(19,20)21/h1-7,22H,8H2. The van der Waals surface area contributed by atoms with E-state index in [1.165, 1.54) is 18.2 Å². The van der Waals surface area contributed by atoms with E-state index < -0.39 is 30.5 Å². The van der Waals surface area contributed by atoms with Crippen molar-refractivity contribution in [2.24, 2.45) is 0 Å². The lowest BCUT2D eigenvalue weighted by molar-refractivity contribution is -0.274. The van der Waals surface area contributed by atoms with Crippen LogP contribution in [0.2, 0.25) is 0 Å². The Morgan fingerprint density at radius 1 is 0.826 bits per heavy atom. The van der Waals surface area contributed by atoms with E-state index in [0.29, 0.717) is 0 Å². The van der Waals surface area contributed by atoms with Gasteiger partial charge in [-0.2, -0.15) is 13.2 Å². The van der Waals surface area contributed by atoms with Gasteiger partial charge in [-0.3, -0.25) is 0 Å². The molecule has 8 heteroatoms. The lowest BCUT2D eigenvalue weighted by atomic mass is 9.99. The van der Waals surface area contributed by atoms with Gasteiger partial charge in [-0.1, -0.05) is 12.1 Å². The molecule has 0 atom stereocenters. The van der Waals surface area contributed by atoms with Crippen molar-refractivity contribution in [2.75, 3.05) is 0 Å². The van der Waals surface area contributed by atoms with Crippen molar-refractivity contribution in [1.82, 2.24) is 0 Å². The SMILES string of the molecule is OCc1cc(-c2ccc(OC(F)(F)F)cc2)cc(C(F)(F)F)c1. The van der Waals surface area contributed by atoms with Gasteiger partial charge in [0.15, 0.2) is 0 Å². The zero-order valence-electron chi connectivity index (χ0n) is 11.4. The molecule has 0 radical (unpaired) electrons. The van der Waals surface area contributed by atoms with Gasteiger partial charge in [0.05, 0.1) is 12.2 Å². The average Bonchev–Trinajstić information content (AvgIpc) is 2.45. The summed E-state index contributed by atoms with van der Waals surface area (Å²) in [4.78, 5) is 0. The molecule has 0 fully saturated rings. The summed E-state index contributed by atoms with van der Waals surface area (Å²) < 4.78 is 78.4. The first-order chi connectivity index (χ1) is 10.6. The van der Waals surface area contributed by atoms with Crippen molar-refractivity contribution >= 4 is 0 Å². The second kappa shape index (κ2) is 6.11. The second-order valence-corrected chi connectivity index (χ2v) is 4.65. The number of ether oxygens (including phenoxy) is 1. The van der Waals surface area contributed by atoms with Crippen molar-refractivity contribution in [3.05, 3.63) is 53.6 Å². The van der Waals surface area contributed by atoms with Crippen molar-refractivity contribution < 1.29 is 36.2 Å². The van der Waals surface area contributed by atoms with Crippen LogP contribution < -0.4 is 4.74 Å². The minimum absolute atomic E-state index is 0.0467. The second-order valence-electron chi connectivity index (χ2n) is 4.65. The summed E-state index contributed by atoms with van der Waals surface area (Å²) in [5.74, 6) is -0.476. The lowest BCUT2D eigenvalue weighted by Crippen LogP contribution is -2.16. The Hall–Kier alpha value is -2.22. The molecule has 0 aromatic heterocycles. The fourth-order valence-corrected chi connectivity index (χ4v) is 1.96. The number of rotatable bonds is 3. The Kier molecular flexibility index (Phi) is 4.56. The summed E-state index contributed by atoms with van der Waals surface area (Å²) in [6.07, 6.45) is -9.44. The van der Waals surface area contributed by atoms with Crippen molar-refractivity contribution in [2.45, 2.75) is 19.1 Å². The van der Waals surface area contributed by atoms with Crippen molar-refractivity contribution in [3.63, 3.8) is 0 Å².